The van der Waals surface area contributed by atoms with Crippen molar-refractivity contribution in [3.05, 3.63) is 56.2 Å². The predicted molar refractivity (Wildman–Crippen MR) is 110 cm³/mol. The normalized spacial score (nSPS) is 15.5. The summed E-state index contributed by atoms with van der Waals surface area (Å²) in [6.45, 7) is 9.17. The Kier molecular flexibility index (Phi) is 4.80. The highest BCUT2D eigenvalue weighted by Gasteiger charge is 2.24. The summed E-state index contributed by atoms with van der Waals surface area (Å²) >= 11 is 0. The second-order valence-electron chi connectivity index (χ2n) is 7.40. The van der Waals surface area contributed by atoms with Crippen LogP contribution in [-0.4, -0.2) is 50.2 Å². The van der Waals surface area contributed by atoms with E-state index >= 15 is 0 Å². The van der Waals surface area contributed by atoms with Gasteiger partial charge in [0.15, 0.2) is 11.2 Å². The lowest BCUT2D eigenvalue weighted by Crippen LogP contribution is -2.46. The van der Waals surface area contributed by atoms with Gasteiger partial charge in [-0.1, -0.05) is 29.8 Å². The van der Waals surface area contributed by atoms with E-state index in [4.69, 9.17) is 0 Å². The summed E-state index contributed by atoms with van der Waals surface area (Å²) in [5.41, 5.74) is 2.68. The molecule has 1 fully saturated rings. The second-order valence-corrected chi connectivity index (χ2v) is 7.40. The lowest BCUT2D eigenvalue weighted by molar-refractivity contribution is 0.248. The van der Waals surface area contributed by atoms with E-state index in [2.05, 4.69) is 51.0 Å². The van der Waals surface area contributed by atoms with E-state index in [0.717, 1.165) is 38.7 Å². The van der Waals surface area contributed by atoms with Crippen molar-refractivity contribution in [3.8, 4) is 0 Å². The molecule has 0 amide bonds. The molecule has 1 aromatic carbocycles. The van der Waals surface area contributed by atoms with E-state index in [1.807, 2.05) is 11.5 Å². The van der Waals surface area contributed by atoms with Gasteiger partial charge in [0.25, 0.3) is 5.56 Å². The molecule has 1 aliphatic rings. The fourth-order valence-electron chi connectivity index (χ4n) is 3.82. The Morgan fingerprint density at radius 2 is 1.75 bits per heavy atom. The molecule has 3 heterocycles. The summed E-state index contributed by atoms with van der Waals surface area (Å²) in [5.74, 6) is 0.763. The Morgan fingerprint density at radius 3 is 2.39 bits per heavy atom. The molecular formula is C20H26N6O2. The Balaban J connectivity index is 1.56. The highest BCUT2D eigenvalue weighted by Crippen LogP contribution is 2.21. The average molecular weight is 382 g/mol. The molecule has 8 heteroatoms. The maximum Gasteiger partial charge on any atom is 0.329 e. The van der Waals surface area contributed by atoms with Crippen molar-refractivity contribution in [1.29, 1.82) is 0 Å². The molecule has 2 aromatic heterocycles. The number of benzene rings is 1. The zero-order valence-corrected chi connectivity index (χ0v) is 16.6. The largest absolute Gasteiger partial charge is 0.340 e. The van der Waals surface area contributed by atoms with Crippen LogP contribution >= 0.6 is 0 Å². The van der Waals surface area contributed by atoms with E-state index in [1.165, 1.54) is 15.7 Å². The van der Waals surface area contributed by atoms with Gasteiger partial charge in [0, 0.05) is 46.3 Å². The monoisotopic (exact) mass is 382 g/mol. The molecule has 0 spiro atoms. The lowest BCUT2D eigenvalue weighted by atomic mass is 10.1. The number of anilines is 1. The Labute approximate surface area is 163 Å². The first-order valence-electron chi connectivity index (χ1n) is 9.70. The van der Waals surface area contributed by atoms with Crippen LogP contribution in [0.3, 0.4) is 0 Å². The van der Waals surface area contributed by atoms with Crippen LogP contribution in [0.25, 0.3) is 11.2 Å². The number of piperazine rings is 1. The van der Waals surface area contributed by atoms with Gasteiger partial charge in [-0.2, -0.15) is 4.98 Å². The molecule has 4 rings (SSSR count). The zero-order chi connectivity index (χ0) is 19.8. The van der Waals surface area contributed by atoms with E-state index in [1.54, 1.807) is 7.05 Å². The first-order chi connectivity index (χ1) is 13.5. The molecule has 8 nitrogen and oxygen atoms in total. The minimum Gasteiger partial charge on any atom is -0.340 e. The number of rotatable bonds is 4. The number of aryl methyl sites for hydroxylation is 3. The molecule has 1 N–H and O–H groups in total. The number of nitrogens with one attached hydrogen (secondary N) is 1. The van der Waals surface area contributed by atoms with Crippen molar-refractivity contribution in [2.75, 3.05) is 31.1 Å². The molecule has 0 aliphatic carbocycles. The van der Waals surface area contributed by atoms with Crippen LogP contribution in [0, 0.1) is 6.92 Å². The number of aromatic amines is 1. The zero-order valence-electron chi connectivity index (χ0n) is 16.6. The van der Waals surface area contributed by atoms with Crippen LogP contribution in [0.5, 0.6) is 0 Å². The van der Waals surface area contributed by atoms with Crippen molar-refractivity contribution >= 4 is 17.1 Å². The predicted octanol–water partition coefficient (Wildman–Crippen LogP) is 1.07. The molecule has 0 unspecified atom stereocenters. The third-order valence-corrected chi connectivity index (χ3v) is 5.49. The fourth-order valence-corrected chi connectivity index (χ4v) is 3.82. The highest BCUT2D eigenvalue weighted by atomic mass is 16.2. The van der Waals surface area contributed by atoms with Crippen LogP contribution in [0.2, 0.25) is 0 Å². The van der Waals surface area contributed by atoms with Crippen LogP contribution in [0.4, 0.5) is 5.95 Å². The van der Waals surface area contributed by atoms with Gasteiger partial charge in [-0.25, -0.2) is 4.79 Å². The average Bonchev–Trinajstić information content (AvgIpc) is 3.09. The molecule has 1 saturated heterocycles. The van der Waals surface area contributed by atoms with E-state index in [0.29, 0.717) is 17.7 Å². The van der Waals surface area contributed by atoms with Gasteiger partial charge in [-0.05, 0) is 19.4 Å². The SMILES string of the molecule is CCn1c(N2CCN(Cc3ccc(C)cc3)CC2)nc2c1c(=O)[nH]c(=O)n2C. The van der Waals surface area contributed by atoms with Gasteiger partial charge in [0.2, 0.25) is 5.95 Å². The van der Waals surface area contributed by atoms with Gasteiger partial charge in [-0.15, -0.1) is 0 Å². The Bertz CT molecular complexity index is 1100. The van der Waals surface area contributed by atoms with Crippen LogP contribution in [0.15, 0.2) is 33.9 Å². The van der Waals surface area contributed by atoms with Crippen LogP contribution in [0.1, 0.15) is 18.1 Å². The summed E-state index contributed by atoms with van der Waals surface area (Å²) in [6, 6.07) is 8.67. The molecule has 148 valence electrons. The Morgan fingerprint density at radius 1 is 1.07 bits per heavy atom. The lowest BCUT2D eigenvalue weighted by Gasteiger charge is -2.35. The Hall–Kier alpha value is -2.87. The molecule has 28 heavy (non-hydrogen) atoms. The van der Waals surface area contributed by atoms with Crippen molar-refractivity contribution in [1.82, 2.24) is 24.0 Å². The second kappa shape index (κ2) is 7.27. The molecule has 0 bridgehead atoms. The number of hydrogen-bond acceptors (Lipinski definition) is 5. The van der Waals surface area contributed by atoms with Gasteiger partial charge in [-0.3, -0.25) is 19.2 Å². The summed E-state index contributed by atoms with van der Waals surface area (Å²) in [7, 11) is 1.64. The van der Waals surface area contributed by atoms with Gasteiger partial charge in [0.1, 0.15) is 0 Å². The highest BCUT2D eigenvalue weighted by molar-refractivity contribution is 5.74. The maximum atomic E-state index is 12.4. The van der Waals surface area contributed by atoms with Crippen LogP contribution in [-0.2, 0) is 20.1 Å². The van der Waals surface area contributed by atoms with Crippen molar-refractivity contribution < 1.29 is 0 Å². The molecule has 0 radical (unpaired) electrons. The number of H-pyrrole nitrogens is 1. The summed E-state index contributed by atoms with van der Waals surface area (Å²) < 4.78 is 3.31. The molecule has 0 saturated carbocycles. The van der Waals surface area contributed by atoms with Gasteiger partial charge < -0.3 is 9.47 Å². The number of hydrogen-bond donors (Lipinski definition) is 1. The number of imidazole rings is 1. The third kappa shape index (κ3) is 3.24. The first-order valence-corrected chi connectivity index (χ1v) is 9.70. The molecular weight excluding hydrogens is 356 g/mol. The van der Waals surface area contributed by atoms with E-state index < -0.39 is 5.69 Å². The van der Waals surface area contributed by atoms with Crippen LogP contribution < -0.4 is 16.1 Å². The molecule has 0 atom stereocenters. The summed E-state index contributed by atoms with van der Waals surface area (Å²) in [6.07, 6.45) is 0. The molecule has 3 aromatic rings. The topological polar surface area (TPSA) is 79.2 Å². The summed E-state index contributed by atoms with van der Waals surface area (Å²) in [4.78, 5) is 35.9. The maximum absolute atomic E-state index is 12.4. The van der Waals surface area contributed by atoms with Crippen molar-refractivity contribution in [2.24, 2.45) is 7.05 Å². The third-order valence-electron chi connectivity index (χ3n) is 5.49. The first kappa shape index (κ1) is 18.5. The van der Waals surface area contributed by atoms with Crippen molar-refractivity contribution in [3.63, 3.8) is 0 Å². The van der Waals surface area contributed by atoms with E-state index in [9.17, 15) is 9.59 Å². The number of fused-ring (bicyclic) bond motifs is 1. The molecule has 1 aliphatic heterocycles. The minimum atomic E-state index is -0.437. The standard InChI is InChI=1S/C20H26N6O2/c1-4-26-16-17(23(3)20(28)22-18(16)27)21-19(26)25-11-9-24(10-12-25)13-15-7-5-14(2)6-8-15/h5-8H,4,9-13H2,1-3H3,(H,22,27,28). The number of nitrogens with zero attached hydrogens (tertiary/aromatic N) is 5. The number of aromatic nitrogens is 4. The van der Waals surface area contributed by atoms with Crippen molar-refractivity contribution in [2.45, 2.75) is 26.9 Å². The van der Waals surface area contributed by atoms with Gasteiger partial charge in [0.05, 0.1) is 0 Å². The smallest absolute Gasteiger partial charge is 0.329 e. The summed E-state index contributed by atoms with van der Waals surface area (Å²) in [5, 5.41) is 0. The van der Waals surface area contributed by atoms with E-state index in [-0.39, 0.29) is 5.56 Å². The quantitative estimate of drug-likeness (QED) is 0.730. The fraction of sp³-hybridized carbons (Fsp3) is 0.450. The minimum absolute atomic E-state index is 0.378. The van der Waals surface area contributed by atoms with Gasteiger partial charge >= 0.3 is 5.69 Å².